The molecule has 0 aliphatic rings. The second kappa shape index (κ2) is 9.80. The maximum Gasteiger partial charge on any atom is 0.189 e. The molecule has 0 N–H and O–H groups in total. The van der Waals surface area contributed by atoms with Crippen molar-refractivity contribution < 1.29 is 0 Å². The van der Waals surface area contributed by atoms with Crippen molar-refractivity contribution in [2.24, 2.45) is 7.05 Å². The minimum atomic E-state index is 0.949. The lowest BCUT2D eigenvalue weighted by Gasteiger charge is -2.00. The third-order valence-corrected chi connectivity index (χ3v) is 12.3. The van der Waals surface area contributed by atoms with Gasteiger partial charge in [0.2, 0.25) is 0 Å². The highest BCUT2D eigenvalue weighted by Gasteiger charge is 2.15. The molecule has 9 rings (SSSR count). The summed E-state index contributed by atoms with van der Waals surface area (Å²) in [7, 11) is 2.15. The van der Waals surface area contributed by atoms with Gasteiger partial charge in [0.25, 0.3) is 0 Å². The second-order valence-corrected chi connectivity index (χ2v) is 14.2. The Morgan fingerprint density at radius 2 is 0.864 bits per heavy atom. The molecule has 0 spiro atoms. The van der Waals surface area contributed by atoms with Crippen LogP contribution in [0.25, 0.3) is 84.0 Å². The average Bonchev–Trinajstić information content (AvgIpc) is 3.90. The van der Waals surface area contributed by atoms with E-state index in [0.29, 0.717) is 0 Å². The summed E-state index contributed by atoms with van der Waals surface area (Å²) in [5.74, 6) is 0. The lowest BCUT2D eigenvalue weighted by molar-refractivity contribution is 1.01. The van der Waals surface area contributed by atoms with E-state index in [4.69, 9.17) is 0 Å². The largest absolute Gasteiger partial charge is 0.344 e. The number of aromatic nitrogens is 2. The first-order valence-corrected chi connectivity index (χ1v) is 16.8. The highest BCUT2D eigenvalue weighted by Crippen LogP contribution is 2.44. The maximum atomic E-state index is 9.77. The average molecular weight is 618 g/mol. The third kappa shape index (κ3) is 3.84. The predicted molar refractivity (Wildman–Crippen MR) is 190 cm³/mol. The van der Waals surface area contributed by atoms with Crippen molar-refractivity contribution >= 4 is 77.6 Å². The molecule has 0 aliphatic carbocycles. The first kappa shape index (κ1) is 25.6. The zero-order chi connectivity index (χ0) is 29.4. The van der Waals surface area contributed by atoms with Crippen molar-refractivity contribution in [1.29, 1.82) is 5.26 Å². The van der Waals surface area contributed by atoms with E-state index in [9.17, 15) is 5.26 Å². The van der Waals surface area contributed by atoms with E-state index in [1.165, 1.54) is 62.2 Å². The molecule has 44 heavy (non-hydrogen) atoms. The fourth-order valence-corrected chi connectivity index (χ4v) is 9.60. The topological polar surface area (TPSA) is 33.6 Å². The highest BCUT2D eigenvalue weighted by molar-refractivity contribution is 7.27. The van der Waals surface area contributed by atoms with Crippen molar-refractivity contribution in [2.75, 3.05) is 0 Å². The van der Waals surface area contributed by atoms with Gasteiger partial charge in [-0.05, 0) is 83.9 Å². The van der Waals surface area contributed by atoms with E-state index in [1.807, 2.05) is 52.2 Å². The molecule has 9 aromatic rings. The van der Waals surface area contributed by atoms with Crippen LogP contribution in [0.15, 0.2) is 121 Å². The van der Waals surface area contributed by atoms with Crippen molar-refractivity contribution in [3.8, 4) is 46.6 Å². The number of thiophene rings is 3. The smallest absolute Gasteiger partial charge is 0.189 e. The number of benzene rings is 4. The van der Waals surface area contributed by atoms with Crippen LogP contribution in [0, 0.1) is 11.5 Å². The monoisotopic (exact) mass is 617 g/mol. The molecule has 0 radical (unpaired) electrons. The Morgan fingerprint density at radius 3 is 1.45 bits per heavy atom. The van der Waals surface area contributed by atoms with Crippen molar-refractivity contribution in [3.63, 3.8) is 0 Å². The fourth-order valence-electron chi connectivity index (χ4n) is 6.41. The summed E-state index contributed by atoms with van der Waals surface area (Å²) in [5.41, 5.74) is 6.87. The van der Waals surface area contributed by atoms with E-state index in [-0.39, 0.29) is 0 Å². The zero-order valence-corrected chi connectivity index (χ0v) is 26.1. The van der Waals surface area contributed by atoms with Crippen LogP contribution >= 0.6 is 34.0 Å². The summed E-state index contributed by atoms with van der Waals surface area (Å²) in [5, 5.41) is 14.6. The van der Waals surface area contributed by atoms with Gasteiger partial charge in [0.15, 0.2) is 6.19 Å². The Bertz CT molecular complexity index is 2600. The predicted octanol–water partition coefficient (Wildman–Crippen LogP) is 11.6. The van der Waals surface area contributed by atoms with Gasteiger partial charge in [-0.25, -0.2) is 4.57 Å². The molecule has 6 heteroatoms. The summed E-state index contributed by atoms with van der Waals surface area (Å²) in [6.07, 6.45) is 2.34. The van der Waals surface area contributed by atoms with Crippen LogP contribution in [0.2, 0.25) is 0 Å². The van der Waals surface area contributed by atoms with Crippen molar-refractivity contribution in [2.45, 2.75) is 0 Å². The van der Waals surface area contributed by atoms with Gasteiger partial charge < -0.3 is 4.57 Å². The molecule has 5 heterocycles. The summed E-state index contributed by atoms with van der Waals surface area (Å²) in [6, 6.07) is 43.5. The summed E-state index contributed by atoms with van der Waals surface area (Å²) in [4.78, 5) is 7.66. The molecule has 0 fully saturated rings. The van der Waals surface area contributed by atoms with Crippen LogP contribution in [0.4, 0.5) is 0 Å². The van der Waals surface area contributed by atoms with E-state index < -0.39 is 0 Å². The number of fused-ring (bicyclic) bond motifs is 6. The minimum Gasteiger partial charge on any atom is -0.344 e. The van der Waals surface area contributed by atoms with Crippen LogP contribution < -0.4 is 0 Å². The Morgan fingerprint density at radius 1 is 0.455 bits per heavy atom. The number of nitrogens with zero attached hydrogens (tertiary/aromatic N) is 3. The van der Waals surface area contributed by atoms with E-state index in [0.717, 1.165) is 21.8 Å². The number of hydrogen-bond acceptors (Lipinski definition) is 4. The highest BCUT2D eigenvalue weighted by atomic mass is 32.1. The lowest BCUT2D eigenvalue weighted by atomic mass is 10.1. The van der Waals surface area contributed by atoms with Gasteiger partial charge in [-0.15, -0.1) is 34.0 Å². The van der Waals surface area contributed by atoms with Crippen LogP contribution in [0.3, 0.4) is 0 Å². The van der Waals surface area contributed by atoms with Gasteiger partial charge in [-0.2, -0.15) is 5.26 Å². The number of hydrogen-bond donors (Lipinski definition) is 0. The molecule has 3 nitrogen and oxygen atoms in total. The number of aryl methyl sites for hydroxylation is 1. The molecule has 0 unspecified atom stereocenters. The van der Waals surface area contributed by atoms with Gasteiger partial charge >= 0.3 is 0 Å². The van der Waals surface area contributed by atoms with Gasteiger partial charge in [-0.1, -0.05) is 48.5 Å². The van der Waals surface area contributed by atoms with Crippen LogP contribution in [0.1, 0.15) is 0 Å². The van der Waals surface area contributed by atoms with Gasteiger partial charge in [-0.3, -0.25) is 0 Å². The molecule has 0 saturated carbocycles. The molecule has 0 amide bonds. The Labute approximate surface area is 265 Å². The molecule has 208 valence electrons. The SMILES string of the molecule is Cn1c2ccccc2c2cc(-c3ccc(-c4ccc(-c5ccc(-c6ccc7c(c6)c6ccccc6n7C#N)s5)s4)s3)ccc21. The van der Waals surface area contributed by atoms with Gasteiger partial charge in [0.05, 0.1) is 11.0 Å². The first-order valence-electron chi connectivity index (χ1n) is 14.4. The maximum absolute atomic E-state index is 9.77. The second-order valence-electron chi connectivity index (χ2n) is 11.0. The summed E-state index contributed by atoms with van der Waals surface area (Å²) < 4.78 is 4.00. The third-order valence-electron chi connectivity index (χ3n) is 8.56. The van der Waals surface area contributed by atoms with Gasteiger partial charge in [0.1, 0.15) is 0 Å². The van der Waals surface area contributed by atoms with Crippen molar-refractivity contribution in [1.82, 2.24) is 9.13 Å². The van der Waals surface area contributed by atoms with E-state index in [2.05, 4.69) is 121 Å². The zero-order valence-electron chi connectivity index (χ0n) is 23.6. The van der Waals surface area contributed by atoms with Crippen molar-refractivity contribution in [3.05, 3.63) is 121 Å². The number of para-hydroxylation sites is 2. The normalized spacial score (nSPS) is 11.7. The van der Waals surface area contributed by atoms with Crippen LogP contribution in [-0.4, -0.2) is 9.13 Å². The number of rotatable bonds is 4. The summed E-state index contributed by atoms with van der Waals surface area (Å²) >= 11 is 5.53. The first-order chi connectivity index (χ1) is 21.7. The molecule has 0 bridgehead atoms. The Hall–Kier alpha value is -4.93. The van der Waals surface area contributed by atoms with E-state index >= 15 is 0 Å². The quantitative estimate of drug-likeness (QED) is 0.193. The lowest BCUT2D eigenvalue weighted by Crippen LogP contribution is -1.86. The Balaban J connectivity index is 1.02. The Kier molecular flexibility index (Phi) is 5.69. The molecule has 0 aliphatic heterocycles. The minimum absolute atomic E-state index is 0.949. The van der Waals surface area contributed by atoms with Gasteiger partial charge in [0, 0.05) is 68.9 Å². The van der Waals surface area contributed by atoms with Crippen LogP contribution in [-0.2, 0) is 7.05 Å². The molecule has 4 aromatic carbocycles. The standard InChI is InChI=1S/C38H23N3S3/c1-40-29-8-4-2-6-25(29)27-20-23(10-12-30(27)40)33-14-16-35(42-33)37-18-19-38(44-37)36-17-15-34(43-36)24-11-13-32-28(21-24)26-7-3-5-9-31(26)41(32)22-39/h2-21H,1H3. The van der Waals surface area contributed by atoms with E-state index in [1.54, 1.807) is 4.57 Å². The molecule has 0 atom stereocenters. The molecular formula is C38H23N3S3. The molecule has 5 aromatic heterocycles. The number of nitriles is 1. The van der Waals surface area contributed by atoms with Crippen LogP contribution in [0.5, 0.6) is 0 Å². The summed E-state index contributed by atoms with van der Waals surface area (Å²) in [6.45, 7) is 0. The molecule has 0 saturated heterocycles. The fraction of sp³-hybridized carbons (Fsp3) is 0.0263. The molecular weight excluding hydrogens is 595 g/mol.